The van der Waals surface area contributed by atoms with Gasteiger partial charge in [0.05, 0.1) is 10.6 Å². The van der Waals surface area contributed by atoms with E-state index in [1.54, 1.807) is 12.1 Å². The summed E-state index contributed by atoms with van der Waals surface area (Å²) in [6.45, 7) is 6.23. The van der Waals surface area contributed by atoms with Crippen molar-refractivity contribution < 1.29 is 4.79 Å². The molecular formula is C21H22ClN3O. The van der Waals surface area contributed by atoms with Crippen LogP contribution in [0.15, 0.2) is 48.5 Å². The van der Waals surface area contributed by atoms with Crippen molar-refractivity contribution in [2.75, 3.05) is 26.2 Å². The number of rotatable bonds is 3. The van der Waals surface area contributed by atoms with Crippen LogP contribution < -0.4 is 0 Å². The standard InChI is InChI=1S/C21H22ClN3O/c1-15-18(16-6-3-5-9-20(16)23-15)14-24-10-12-25(13-11-24)21(26)17-7-2-4-8-19(17)22/h2-9,23H,10-14H2,1H3. The third-order valence-electron chi connectivity index (χ3n) is 5.17. The van der Waals surface area contributed by atoms with Crippen LogP contribution in [0.2, 0.25) is 5.02 Å². The van der Waals surface area contributed by atoms with E-state index in [1.807, 2.05) is 17.0 Å². The highest BCUT2D eigenvalue weighted by molar-refractivity contribution is 6.33. The van der Waals surface area contributed by atoms with Gasteiger partial charge in [-0.1, -0.05) is 41.9 Å². The van der Waals surface area contributed by atoms with Crippen molar-refractivity contribution >= 4 is 28.4 Å². The molecule has 2 aromatic carbocycles. The molecule has 0 saturated carbocycles. The number of hydrogen-bond donors (Lipinski definition) is 1. The number of piperazine rings is 1. The molecule has 1 aliphatic heterocycles. The quantitative estimate of drug-likeness (QED) is 0.757. The molecule has 4 rings (SSSR count). The monoisotopic (exact) mass is 367 g/mol. The maximum atomic E-state index is 12.7. The van der Waals surface area contributed by atoms with Crippen LogP contribution in [-0.4, -0.2) is 46.9 Å². The Morgan fingerprint density at radius 2 is 1.73 bits per heavy atom. The largest absolute Gasteiger partial charge is 0.358 e. The molecule has 2 heterocycles. The molecule has 0 bridgehead atoms. The second-order valence-corrected chi connectivity index (χ2v) is 7.23. The lowest BCUT2D eigenvalue weighted by atomic mass is 10.1. The Kier molecular flexibility index (Phi) is 4.70. The Balaban J connectivity index is 1.43. The van der Waals surface area contributed by atoms with Crippen LogP contribution in [0, 0.1) is 6.92 Å². The Morgan fingerprint density at radius 3 is 2.50 bits per heavy atom. The summed E-state index contributed by atoms with van der Waals surface area (Å²) < 4.78 is 0. The number of aromatic amines is 1. The van der Waals surface area contributed by atoms with Gasteiger partial charge in [0.25, 0.3) is 5.91 Å². The minimum Gasteiger partial charge on any atom is -0.358 e. The van der Waals surface area contributed by atoms with Crippen molar-refractivity contribution in [3.05, 3.63) is 70.4 Å². The number of carbonyl (C=O) groups excluding carboxylic acids is 1. The zero-order valence-electron chi connectivity index (χ0n) is 14.8. The number of para-hydroxylation sites is 1. The molecule has 1 aromatic heterocycles. The van der Waals surface area contributed by atoms with Gasteiger partial charge in [0.15, 0.2) is 0 Å². The van der Waals surface area contributed by atoms with E-state index in [4.69, 9.17) is 11.6 Å². The third-order valence-corrected chi connectivity index (χ3v) is 5.50. The summed E-state index contributed by atoms with van der Waals surface area (Å²) >= 11 is 6.17. The van der Waals surface area contributed by atoms with Crippen molar-refractivity contribution in [1.82, 2.24) is 14.8 Å². The molecule has 0 unspecified atom stereocenters. The van der Waals surface area contributed by atoms with Gasteiger partial charge in [0, 0.05) is 49.3 Å². The highest BCUT2D eigenvalue weighted by Crippen LogP contribution is 2.24. The fraction of sp³-hybridized carbons (Fsp3) is 0.286. The first-order valence-electron chi connectivity index (χ1n) is 8.96. The van der Waals surface area contributed by atoms with E-state index in [2.05, 4.69) is 41.1 Å². The van der Waals surface area contributed by atoms with E-state index in [1.165, 1.54) is 22.2 Å². The van der Waals surface area contributed by atoms with Gasteiger partial charge in [-0.2, -0.15) is 0 Å². The van der Waals surface area contributed by atoms with Crippen LogP contribution in [0.5, 0.6) is 0 Å². The van der Waals surface area contributed by atoms with Crippen molar-refractivity contribution in [2.45, 2.75) is 13.5 Å². The number of carbonyl (C=O) groups is 1. The first-order valence-corrected chi connectivity index (χ1v) is 9.33. The van der Waals surface area contributed by atoms with Crippen LogP contribution in [0.4, 0.5) is 0 Å². The molecule has 1 saturated heterocycles. The molecule has 5 heteroatoms. The van der Waals surface area contributed by atoms with E-state index in [9.17, 15) is 4.79 Å². The lowest BCUT2D eigenvalue weighted by Crippen LogP contribution is -2.48. The van der Waals surface area contributed by atoms with Crippen molar-refractivity contribution in [3.63, 3.8) is 0 Å². The Labute approximate surface area is 158 Å². The van der Waals surface area contributed by atoms with Gasteiger partial charge >= 0.3 is 0 Å². The topological polar surface area (TPSA) is 39.3 Å². The normalized spacial score (nSPS) is 15.5. The van der Waals surface area contributed by atoms with E-state index >= 15 is 0 Å². The summed E-state index contributed by atoms with van der Waals surface area (Å²) in [5, 5.41) is 1.81. The summed E-state index contributed by atoms with van der Waals surface area (Å²) in [5.74, 6) is 0.0264. The van der Waals surface area contributed by atoms with E-state index in [0.717, 1.165) is 32.7 Å². The Morgan fingerprint density at radius 1 is 1.04 bits per heavy atom. The van der Waals surface area contributed by atoms with E-state index in [0.29, 0.717) is 10.6 Å². The summed E-state index contributed by atoms with van der Waals surface area (Å²) in [5.41, 5.74) is 4.36. The average Bonchev–Trinajstić information content (AvgIpc) is 2.98. The molecule has 26 heavy (non-hydrogen) atoms. The molecule has 4 nitrogen and oxygen atoms in total. The summed E-state index contributed by atoms with van der Waals surface area (Å²) in [7, 11) is 0. The Bertz CT molecular complexity index is 941. The zero-order chi connectivity index (χ0) is 18.1. The maximum Gasteiger partial charge on any atom is 0.255 e. The SMILES string of the molecule is Cc1[nH]c2ccccc2c1CN1CCN(C(=O)c2ccccc2Cl)CC1. The minimum atomic E-state index is 0.0264. The molecule has 1 amide bonds. The van der Waals surface area contributed by atoms with Gasteiger partial charge in [0.1, 0.15) is 0 Å². The van der Waals surface area contributed by atoms with E-state index < -0.39 is 0 Å². The highest BCUT2D eigenvalue weighted by atomic mass is 35.5. The first-order chi connectivity index (χ1) is 12.6. The van der Waals surface area contributed by atoms with Gasteiger partial charge < -0.3 is 9.88 Å². The second-order valence-electron chi connectivity index (χ2n) is 6.82. The molecule has 134 valence electrons. The smallest absolute Gasteiger partial charge is 0.255 e. The molecular weight excluding hydrogens is 346 g/mol. The van der Waals surface area contributed by atoms with Crippen LogP contribution in [0.3, 0.4) is 0 Å². The fourth-order valence-electron chi connectivity index (χ4n) is 3.68. The summed E-state index contributed by atoms with van der Waals surface area (Å²) in [4.78, 5) is 20.5. The number of aryl methyl sites for hydroxylation is 1. The van der Waals surface area contributed by atoms with Crippen molar-refractivity contribution in [3.8, 4) is 0 Å². The molecule has 0 atom stereocenters. The number of hydrogen-bond acceptors (Lipinski definition) is 2. The fourth-order valence-corrected chi connectivity index (χ4v) is 3.89. The van der Waals surface area contributed by atoms with Gasteiger partial charge in [-0.05, 0) is 30.7 Å². The van der Waals surface area contributed by atoms with Gasteiger partial charge in [-0.3, -0.25) is 9.69 Å². The second kappa shape index (κ2) is 7.14. The molecule has 3 aromatic rings. The zero-order valence-corrected chi connectivity index (χ0v) is 15.6. The molecule has 0 aliphatic carbocycles. The number of amides is 1. The van der Waals surface area contributed by atoms with Crippen molar-refractivity contribution in [2.24, 2.45) is 0 Å². The number of halogens is 1. The Hall–Kier alpha value is -2.30. The summed E-state index contributed by atoms with van der Waals surface area (Å²) in [6.07, 6.45) is 0. The number of aromatic nitrogens is 1. The van der Waals surface area contributed by atoms with Gasteiger partial charge in [-0.25, -0.2) is 0 Å². The average molecular weight is 368 g/mol. The minimum absolute atomic E-state index is 0.0264. The predicted octanol–water partition coefficient (Wildman–Crippen LogP) is 4.09. The lowest BCUT2D eigenvalue weighted by Gasteiger charge is -2.35. The number of nitrogens with zero attached hydrogens (tertiary/aromatic N) is 2. The lowest BCUT2D eigenvalue weighted by molar-refractivity contribution is 0.0629. The highest BCUT2D eigenvalue weighted by Gasteiger charge is 2.24. The first kappa shape index (κ1) is 17.1. The maximum absolute atomic E-state index is 12.7. The van der Waals surface area contributed by atoms with Crippen molar-refractivity contribution in [1.29, 1.82) is 0 Å². The van der Waals surface area contributed by atoms with Crippen LogP contribution in [0.1, 0.15) is 21.6 Å². The third kappa shape index (κ3) is 3.22. The number of nitrogens with one attached hydrogen (secondary N) is 1. The van der Waals surface area contributed by atoms with Crippen LogP contribution >= 0.6 is 11.6 Å². The molecule has 0 radical (unpaired) electrons. The molecule has 1 fully saturated rings. The van der Waals surface area contributed by atoms with Crippen LogP contribution in [0.25, 0.3) is 10.9 Å². The summed E-state index contributed by atoms with van der Waals surface area (Å²) in [6, 6.07) is 15.7. The molecule has 1 N–H and O–H groups in total. The predicted molar refractivity (Wildman–Crippen MR) is 106 cm³/mol. The van der Waals surface area contributed by atoms with Gasteiger partial charge in [-0.15, -0.1) is 0 Å². The van der Waals surface area contributed by atoms with Gasteiger partial charge in [0.2, 0.25) is 0 Å². The molecule has 1 aliphatic rings. The molecule has 0 spiro atoms. The number of benzene rings is 2. The van der Waals surface area contributed by atoms with Crippen LogP contribution in [-0.2, 0) is 6.54 Å². The number of H-pyrrole nitrogens is 1. The van der Waals surface area contributed by atoms with E-state index in [-0.39, 0.29) is 5.91 Å². The number of fused-ring (bicyclic) bond motifs is 1.